The average molecular weight is 278 g/mol. The smallest absolute Gasteiger partial charge is 0.227 e. The fraction of sp³-hybridized carbons (Fsp3) is 0.562. The van der Waals surface area contributed by atoms with Gasteiger partial charge in [-0.15, -0.1) is 0 Å². The van der Waals surface area contributed by atoms with E-state index in [4.69, 9.17) is 5.73 Å². The average Bonchev–Trinajstić information content (AvgIpc) is 2.47. The highest BCUT2D eigenvalue weighted by Crippen LogP contribution is 2.18. The van der Waals surface area contributed by atoms with Gasteiger partial charge in [-0.05, 0) is 55.9 Å². The third kappa shape index (κ3) is 3.57. The summed E-state index contributed by atoms with van der Waals surface area (Å²) in [6.45, 7) is 3.90. The number of nitrogens with zero attached hydrogens (tertiary/aromatic N) is 1. The van der Waals surface area contributed by atoms with Gasteiger partial charge in [-0.3, -0.25) is 4.79 Å². The van der Waals surface area contributed by atoms with Crippen molar-refractivity contribution >= 4 is 5.91 Å². The minimum atomic E-state index is -0.238. The van der Waals surface area contributed by atoms with Crippen LogP contribution in [0.5, 0.6) is 0 Å². The highest BCUT2D eigenvalue weighted by molar-refractivity contribution is 5.79. The second kappa shape index (κ2) is 6.84. The van der Waals surface area contributed by atoms with Crippen LogP contribution in [-0.2, 0) is 11.2 Å². The van der Waals surface area contributed by atoms with Crippen molar-refractivity contribution in [3.05, 3.63) is 35.1 Å². The van der Waals surface area contributed by atoms with Crippen molar-refractivity contribution in [2.75, 3.05) is 19.6 Å². The molecule has 4 heteroatoms. The van der Waals surface area contributed by atoms with Gasteiger partial charge in [0.25, 0.3) is 0 Å². The molecule has 1 aliphatic heterocycles. The molecule has 1 heterocycles. The Labute approximate surface area is 120 Å². The molecular formula is C16H23FN2O. The number of carbonyl (C=O) groups excluding carboxylic acids is 1. The molecule has 1 fully saturated rings. The molecule has 1 amide bonds. The number of piperidine rings is 1. The second-order valence-corrected chi connectivity index (χ2v) is 5.59. The zero-order valence-electron chi connectivity index (χ0n) is 12.1. The summed E-state index contributed by atoms with van der Waals surface area (Å²) < 4.78 is 13.1. The lowest BCUT2D eigenvalue weighted by molar-refractivity contribution is -0.136. The third-order valence-corrected chi connectivity index (χ3v) is 4.07. The number of nitrogens with two attached hydrogens (primary N) is 1. The minimum absolute atomic E-state index is 0.149. The van der Waals surface area contributed by atoms with Crippen LogP contribution in [-0.4, -0.2) is 30.4 Å². The van der Waals surface area contributed by atoms with Gasteiger partial charge in [0.1, 0.15) is 5.82 Å². The number of carbonyl (C=O) groups is 1. The molecule has 2 rings (SSSR count). The van der Waals surface area contributed by atoms with Crippen LogP contribution < -0.4 is 5.73 Å². The molecule has 1 unspecified atom stereocenters. The number of hydrogen-bond donors (Lipinski definition) is 1. The fourth-order valence-electron chi connectivity index (χ4n) is 2.80. The van der Waals surface area contributed by atoms with Crippen LogP contribution in [0.4, 0.5) is 4.39 Å². The molecular weight excluding hydrogens is 255 g/mol. The van der Waals surface area contributed by atoms with E-state index in [2.05, 4.69) is 0 Å². The molecule has 0 aliphatic carbocycles. The Kier molecular flexibility index (Phi) is 5.12. The van der Waals surface area contributed by atoms with Gasteiger partial charge in [0.15, 0.2) is 0 Å². The number of halogens is 1. The molecule has 1 aromatic rings. The van der Waals surface area contributed by atoms with Gasteiger partial charge in [0.2, 0.25) is 5.91 Å². The van der Waals surface area contributed by atoms with Crippen LogP contribution >= 0.6 is 0 Å². The highest BCUT2D eigenvalue weighted by Gasteiger charge is 2.25. The van der Waals surface area contributed by atoms with Crippen molar-refractivity contribution in [2.45, 2.75) is 32.6 Å². The lowest BCUT2D eigenvalue weighted by atomic mass is 9.94. The van der Waals surface area contributed by atoms with Crippen molar-refractivity contribution in [1.82, 2.24) is 4.90 Å². The monoisotopic (exact) mass is 278 g/mol. The second-order valence-electron chi connectivity index (χ2n) is 5.59. The fourth-order valence-corrected chi connectivity index (χ4v) is 2.80. The summed E-state index contributed by atoms with van der Waals surface area (Å²) in [5, 5.41) is 0. The number of amides is 1. The quantitative estimate of drug-likeness (QED) is 0.918. The minimum Gasteiger partial charge on any atom is -0.342 e. The zero-order valence-corrected chi connectivity index (χ0v) is 12.1. The maximum Gasteiger partial charge on any atom is 0.227 e. The van der Waals surface area contributed by atoms with Crippen LogP contribution in [0.1, 0.15) is 30.4 Å². The Hall–Kier alpha value is -1.42. The van der Waals surface area contributed by atoms with Gasteiger partial charge < -0.3 is 10.6 Å². The maximum atomic E-state index is 13.1. The maximum absolute atomic E-state index is 13.1. The van der Waals surface area contributed by atoms with Gasteiger partial charge in [0, 0.05) is 19.6 Å². The van der Waals surface area contributed by atoms with Crippen LogP contribution in [0, 0.1) is 18.7 Å². The van der Waals surface area contributed by atoms with Gasteiger partial charge in [0.05, 0.1) is 5.92 Å². The summed E-state index contributed by atoms with van der Waals surface area (Å²) in [5.41, 5.74) is 7.68. The molecule has 0 spiro atoms. The molecule has 2 N–H and O–H groups in total. The number of hydrogen-bond acceptors (Lipinski definition) is 2. The molecule has 0 aromatic heterocycles. The Morgan fingerprint density at radius 1 is 1.35 bits per heavy atom. The third-order valence-electron chi connectivity index (χ3n) is 4.07. The Balaban J connectivity index is 2.05. The van der Waals surface area contributed by atoms with E-state index in [1.807, 2.05) is 11.8 Å². The summed E-state index contributed by atoms with van der Waals surface area (Å²) in [6.07, 6.45) is 3.96. The number of likely N-dealkylation sites (tertiary alicyclic amines) is 1. The van der Waals surface area contributed by atoms with E-state index in [1.54, 1.807) is 6.07 Å². The number of benzene rings is 1. The molecule has 1 aromatic carbocycles. The molecule has 20 heavy (non-hydrogen) atoms. The van der Waals surface area contributed by atoms with Crippen LogP contribution in [0.2, 0.25) is 0 Å². The lowest BCUT2D eigenvalue weighted by Crippen LogP contribution is -2.42. The van der Waals surface area contributed by atoms with Crippen LogP contribution in [0.15, 0.2) is 18.2 Å². The molecule has 1 saturated heterocycles. The molecule has 3 nitrogen and oxygen atoms in total. The first kappa shape index (κ1) is 15.0. The molecule has 0 bridgehead atoms. The van der Waals surface area contributed by atoms with Crippen molar-refractivity contribution in [3.63, 3.8) is 0 Å². The predicted octanol–water partition coefficient (Wildman–Crippen LogP) is 2.26. The number of aryl methyl sites for hydroxylation is 1. The van der Waals surface area contributed by atoms with E-state index < -0.39 is 0 Å². The summed E-state index contributed by atoms with van der Waals surface area (Å²) in [7, 11) is 0. The van der Waals surface area contributed by atoms with Crippen LogP contribution in [0.3, 0.4) is 0 Å². The first-order valence-corrected chi connectivity index (χ1v) is 7.35. The predicted molar refractivity (Wildman–Crippen MR) is 77.8 cm³/mol. The largest absolute Gasteiger partial charge is 0.342 e. The van der Waals surface area contributed by atoms with Crippen molar-refractivity contribution in [1.29, 1.82) is 0 Å². The molecule has 1 atom stereocenters. The summed E-state index contributed by atoms with van der Waals surface area (Å²) >= 11 is 0. The van der Waals surface area contributed by atoms with E-state index in [9.17, 15) is 9.18 Å². The van der Waals surface area contributed by atoms with Crippen molar-refractivity contribution in [3.8, 4) is 0 Å². The van der Waals surface area contributed by atoms with E-state index >= 15 is 0 Å². The molecule has 0 saturated carbocycles. The van der Waals surface area contributed by atoms with E-state index in [0.29, 0.717) is 13.0 Å². The SMILES string of the molecule is Cc1cc(F)ccc1CC(CN)C(=O)N1CCCCC1. The first-order valence-electron chi connectivity index (χ1n) is 7.35. The van der Waals surface area contributed by atoms with Crippen LogP contribution in [0.25, 0.3) is 0 Å². The van der Waals surface area contributed by atoms with Gasteiger partial charge in [-0.2, -0.15) is 0 Å². The molecule has 0 radical (unpaired) electrons. The van der Waals surface area contributed by atoms with Crippen molar-refractivity contribution < 1.29 is 9.18 Å². The summed E-state index contributed by atoms with van der Waals surface area (Å²) in [6, 6.07) is 4.71. The Morgan fingerprint density at radius 3 is 2.65 bits per heavy atom. The zero-order chi connectivity index (χ0) is 14.5. The summed E-state index contributed by atoms with van der Waals surface area (Å²) in [5.74, 6) is -0.286. The van der Waals surface area contributed by atoms with E-state index in [-0.39, 0.29) is 17.6 Å². The molecule has 110 valence electrons. The van der Waals surface area contributed by atoms with E-state index in [0.717, 1.165) is 37.1 Å². The van der Waals surface area contributed by atoms with Crippen molar-refractivity contribution in [2.24, 2.45) is 11.7 Å². The topological polar surface area (TPSA) is 46.3 Å². The highest BCUT2D eigenvalue weighted by atomic mass is 19.1. The summed E-state index contributed by atoms with van der Waals surface area (Å²) in [4.78, 5) is 14.4. The Morgan fingerprint density at radius 2 is 2.05 bits per heavy atom. The number of rotatable bonds is 4. The van der Waals surface area contributed by atoms with Gasteiger partial charge in [-0.25, -0.2) is 4.39 Å². The molecule has 1 aliphatic rings. The van der Waals surface area contributed by atoms with Gasteiger partial charge in [-0.1, -0.05) is 6.07 Å². The van der Waals surface area contributed by atoms with Gasteiger partial charge >= 0.3 is 0 Å². The standard InChI is InChI=1S/C16H23FN2O/c1-12-9-15(17)6-5-13(12)10-14(11-18)16(20)19-7-3-2-4-8-19/h5-6,9,14H,2-4,7-8,10-11,18H2,1H3. The van der Waals surface area contributed by atoms with E-state index in [1.165, 1.54) is 18.6 Å². The first-order chi connectivity index (χ1) is 9.61. The Bertz CT molecular complexity index is 470. The lowest BCUT2D eigenvalue weighted by Gasteiger charge is -2.30. The normalized spacial score (nSPS) is 17.1.